The molecule has 128 valence electrons. The van der Waals surface area contributed by atoms with Crippen LogP contribution < -0.4 is 5.56 Å². The van der Waals surface area contributed by atoms with E-state index >= 15 is 0 Å². The fourth-order valence-electron chi connectivity index (χ4n) is 2.41. The van der Waals surface area contributed by atoms with Crippen LogP contribution in [0.3, 0.4) is 0 Å². The number of nitrogens with zero attached hydrogens (tertiary/aromatic N) is 1. The van der Waals surface area contributed by atoms with Gasteiger partial charge in [0.05, 0.1) is 22.0 Å². The number of aromatic nitrogens is 2. The van der Waals surface area contributed by atoms with Crippen LogP contribution in [0.15, 0.2) is 47.3 Å². The Kier molecular flexibility index (Phi) is 4.03. The number of benzene rings is 2. The first-order chi connectivity index (χ1) is 11.7. The number of alkyl halides is 3. The number of H-pyrrole nitrogens is 1. The Morgan fingerprint density at radius 1 is 1.12 bits per heavy atom. The molecule has 0 unspecified atom stereocenters. The lowest BCUT2D eigenvalue weighted by atomic mass is 10.1. The number of carboxylic acid groups (broad SMARTS) is 1. The van der Waals surface area contributed by atoms with Crippen molar-refractivity contribution in [2.45, 2.75) is 12.6 Å². The molecule has 0 atom stereocenters. The van der Waals surface area contributed by atoms with Gasteiger partial charge in [-0.1, -0.05) is 12.1 Å². The van der Waals surface area contributed by atoms with Gasteiger partial charge in [0.15, 0.2) is 0 Å². The van der Waals surface area contributed by atoms with Crippen LogP contribution in [0.25, 0.3) is 10.9 Å². The summed E-state index contributed by atoms with van der Waals surface area (Å²) in [4.78, 5) is 29.8. The molecule has 0 amide bonds. The number of fused-ring (bicyclic) bond motifs is 1. The number of aromatic amines is 1. The molecule has 0 radical (unpaired) electrons. The zero-order valence-corrected chi connectivity index (χ0v) is 12.6. The Labute approximate surface area is 138 Å². The topological polar surface area (TPSA) is 83.0 Å². The predicted octanol–water partition coefficient (Wildman–Crippen LogP) is 3.23. The van der Waals surface area contributed by atoms with Gasteiger partial charge < -0.3 is 10.1 Å². The summed E-state index contributed by atoms with van der Waals surface area (Å²) in [6.45, 7) is 0. The molecule has 0 aliphatic carbocycles. The van der Waals surface area contributed by atoms with Crippen molar-refractivity contribution in [1.29, 1.82) is 0 Å². The lowest BCUT2D eigenvalue weighted by Crippen LogP contribution is -2.13. The molecule has 0 saturated heterocycles. The average Bonchev–Trinajstić information content (AvgIpc) is 2.54. The highest BCUT2D eigenvalue weighted by Crippen LogP contribution is 2.29. The van der Waals surface area contributed by atoms with Crippen molar-refractivity contribution in [2.24, 2.45) is 0 Å². The third-order valence-corrected chi connectivity index (χ3v) is 3.66. The maximum absolute atomic E-state index is 12.6. The zero-order valence-electron chi connectivity index (χ0n) is 12.6. The van der Waals surface area contributed by atoms with Crippen LogP contribution in [-0.2, 0) is 12.6 Å². The van der Waals surface area contributed by atoms with Gasteiger partial charge in [-0.3, -0.25) is 4.79 Å². The summed E-state index contributed by atoms with van der Waals surface area (Å²) in [5.41, 5.74) is -0.465. The standard InChI is InChI=1S/C17H11F3N2O3/c18-17(19,20)11-4-1-9(2-5-11)7-14-21-13-8-10(16(24)25)3-6-12(13)15(23)22-14/h1-6,8H,7H2,(H,24,25)(H,21,22,23). The number of carboxylic acids is 1. The summed E-state index contributed by atoms with van der Waals surface area (Å²) >= 11 is 0. The van der Waals surface area contributed by atoms with Crippen LogP contribution in [0.2, 0.25) is 0 Å². The SMILES string of the molecule is O=C(O)c1ccc2c(=O)[nH]c(Cc3ccc(C(F)(F)F)cc3)nc2c1. The molecule has 1 heterocycles. The Morgan fingerprint density at radius 2 is 1.80 bits per heavy atom. The van der Waals surface area contributed by atoms with Gasteiger partial charge in [0, 0.05) is 6.42 Å². The number of nitrogens with one attached hydrogen (secondary N) is 1. The monoisotopic (exact) mass is 348 g/mol. The molecule has 3 aromatic rings. The third kappa shape index (κ3) is 3.52. The van der Waals surface area contributed by atoms with Crippen LogP contribution >= 0.6 is 0 Å². The van der Waals surface area contributed by atoms with E-state index in [1.165, 1.54) is 30.3 Å². The van der Waals surface area contributed by atoms with Crippen molar-refractivity contribution in [3.05, 3.63) is 75.3 Å². The Balaban J connectivity index is 1.96. The molecule has 0 fully saturated rings. The highest BCUT2D eigenvalue weighted by Gasteiger charge is 2.29. The summed E-state index contributed by atoms with van der Waals surface area (Å²) in [5, 5.41) is 9.24. The molecule has 8 heteroatoms. The van der Waals surface area contributed by atoms with Crippen molar-refractivity contribution in [3.63, 3.8) is 0 Å². The van der Waals surface area contributed by atoms with Gasteiger partial charge in [-0.2, -0.15) is 13.2 Å². The first-order valence-electron chi connectivity index (χ1n) is 7.16. The number of hydrogen-bond donors (Lipinski definition) is 2. The van der Waals surface area contributed by atoms with Crippen molar-refractivity contribution in [2.75, 3.05) is 0 Å². The van der Waals surface area contributed by atoms with Crippen molar-refractivity contribution >= 4 is 16.9 Å². The number of carbonyl (C=O) groups is 1. The number of rotatable bonds is 3. The van der Waals surface area contributed by atoms with E-state index in [2.05, 4.69) is 9.97 Å². The molecule has 3 rings (SSSR count). The first kappa shape index (κ1) is 16.7. The minimum Gasteiger partial charge on any atom is -0.478 e. The van der Waals surface area contributed by atoms with E-state index in [1.54, 1.807) is 0 Å². The van der Waals surface area contributed by atoms with Gasteiger partial charge in [-0.15, -0.1) is 0 Å². The number of aromatic carboxylic acids is 1. The van der Waals surface area contributed by atoms with Crippen LogP contribution in [0.4, 0.5) is 13.2 Å². The van der Waals surface area contributed by atoms with Crippen LogP contribution in [-0.4, -0.2) is 21.0 Å². The van der Waals surface area contributed by atoms with Crippen molar-refractivity contribution in [1.82, 2.24) is 9.97 Å². The van der Waals surface area contributed by atoms with Crippen molar-refractivity contribution < 1.29 is 23.1 Å². The minimum atomic E-state index is -4.42. The van der Waals surface area contributed by atoms with E-state index < -0.39 is 23.3 Å². The maximum Gasteiger partial charge on any atom is 0.416 e. The largest absolute Gasteiger partial charge is 0.478 e. The highest BCUT2D eigenvalue weighted by molar-refractivity contribution is 5.92. The Hall–Kier alpha value is -3.16. The molecule has 0 bridgehead atoms. The number of halogens is 3. The van der Waals surface area contributed by atoms with Gasteiger partial charge in [-0.25, -0.2) is 9.78 Å². The zero-order chi connectivity index (χ0) is 18.2. The highest BCUT2D eigenvalue weighted by atomic mass is 19.4. The normalized spacial score (nSPS) is 11.6. The second kappa shape index (κ2) is 6.04. The molecule has 0 aliphatic heterocycles. The second-order valence-electron chi connectivity index (χ2n) is 5.42. The van der Waals surface area contributed by atoms with E-state index in [4.69, 9.17) is 5.11 Å². The molecule has 0 saturated carbocycles. The van der Waals surface area contributed by atoms with Gasteiger partial charge in [0.2, 0.25) is 0 Å². The summed E-state index contributed by atoms with van der Waals surface area (Å²) in [5.74, 6) is -0.909. The van der Waals surface area contributed by atoms with Gasteiger partial charge in [-0.05, 0) is 35.9 Å². The van der Waals surface area contributed by atoms with E-state index in [9.17, 15) is 22.8 Å². The first-order valence-corrected chi connectivity index (χ1v) is 7.16. The third-order valence-electron chi connectivity index (χ3n) is 3.66. The fraction of sp³-hybridized carbons (Fsp3) is 0.118. The second-order valence-corrected chi connectivity index (χ2v) is 5.42. The summed E-state index contributed by atoms with van der Waals surface area (Å²) in [6.07, 6.45) is -4.30. The Morgan fingerprint density at radius 3 is 2.40 bits per heavy atom. The molecule has 0 aliphatic rings. The molecule has 1 aromatic heterocycles. The molecule has 2 N–H and O–H groups in total. The average molecular weight is 348 g/mol. The summed E-state index contributed by atoms with van der Waals surface area (Å²) < 4.78 is 37.7. The molecule has 5 nitrogen and oxygen atoms in total. The van der Waals surface area contributed by atoms with Crippen LogP contribution in [0.1, 0.15) is 27.3 Å². The van der Waals surface area contributed by atoms with E-state index in [-0.39, 0.29) is 28.7 Å². The van der Waals surface area contributed by atoms with E-state index in [0.29, 0.717) is 5.56 Å². The summed E-state index contributed by atoms with van der Waals surface area (Å²) in [6, 6.07) is 8.47. The van der Waals surface area contributed by atoms with Gasteiger partial charge in [0.25, 0.3) is 5.56 Å². The smallest absolute Gasteiger partial charge is 0.416 e. The molecule has 2 aromatic carbocycles. The van der Waals surface area contributed by atoms with E-state index in [0.717, 1.165) is 12.1 Å². The fourth-order valence-corrected chi connectivity index (χ4v) is 2.41. The van der Waals surface area contributed by atoms with Crippen molar-refractivity contribution in [3.8, 4) is 0 Å². The molecule has 25 heavy (non-hydrogen) atoms. The lowest BCUT2D eigenvalue weighted by molar-refractivity contribution is -0.137. The summed E-state index contributed by atoms with van der Waals surface area (Å²) in [7, 11) is 0. The maximum atomic E-state index is 12.6. The van der Waals surface area contributed by atoms with Crippen LogP contribution in [0, 0.1) is 0 Å². The van der Waals surface area contributed by atoms with Gasteiger partial charge in [0.1, 0.15) is 5.82 Å². The molecular formula is C17H11F3N2O3. The molecule has 0 spiro atoms. The van der Waals surface area contributed by atoms with E-state index in [1.807, 2.05) is 0 Å². The Bertz CT molecular complexity index is 1010. The predicted molar refractivity (Wildman–Crippen MR) is 83.6 cm³/mol. The molecular weight excluding hydrogens is 337 g/mol. The number of hydrogen-bond acceptors (Lipinski definition) is 3. The van der Waals surface area contributed by atoms with Crippen LogP contribution in [0.5, 0.6) is 0 Å². The lowest BCUT2D eigenvalue weighted by Gasteiger charge is -2.08. The quantitative estimate of drug-likeness (QED) is 0.761. The minimum absolute atomic E-state index is 0.00826. The van der Waals surface area contributed by atoms with Gasteiger partial charge >= 0.3 is 12.1 Å².